The van der Waals surface area contributed by atoms with Gasteiger partial charge in [0.2, 0.25) is 0 Å². The van der Waals surface area contributed by atoms with Crippen molar-refractivity contribution >= 4 is 29.9 Å². The van der Waals surface area contributed by atoms with Crippen molar-refractivity contribution in [2.45, 2.75) is 6.54 Å². The highest BCUT2D eigenvalue weighted by Gasteiger charge is 2.03. The first-order chi connectivity index (χ1) is 8.13. The number of nitrogens with two attached hydrogens (primary N) is 1. The Kier molecular flexibility index (Phi) is 8.55. The number of ether oxygens (including phenoxy) is 1. The summed E-state index contributed by atoms with van der Waals surface area (Å²) in [5, 5.41) is 2.77. The van der Waals surface area contributed by atoms with Gasteiger partial charge in [-0.1, -0.05) is 0 Å². The van der Waals surface area contributed by atoms with E-state index in [1.54, 1.807) is 7.11 Å². The van der Waals surface area contributed by atoms with Crippen molar-refractivity contribution in [3.63, 3.8) is 0 Å². The Morgan fingerprint density at radius 3 is 2.83 bits per heavy atom. The van der Waals surface area contributed by atoms with Crippen molar-refractivity contribution in [1.29, 1.82) is 0 Å². The standard InChI is InChI=1S/C11H15F2N3O.HI/c1-17-5-4-15-11(14)16-7-8-6-9(12)2-3-10(8)13;/h2-3,6H,4-5,7H2,1H3,(H3,14,15,16);1H. The molecule has 0 unspecified atom stereocenters. The van der Waals surface area contributed by atoms with Crippen molar-refractivity contribution in [2.24, 2.45) is 10.7 Å². The van der Waals surface area contributed by atoms with Gasteiger partial charge in [-0.15, -0.1) is 24.0 Å². The lowest BCUT2D eigenvalue weighted by Crippen LogP contribution is -2.34. The van der Waals surface area contributed by atoms with E-state index in [-0.39, 0.29) is 42.0 Å². The molecule has 0 aliphatic carbocycles. The second-order valence-corrected chi connectivity index (χ2v) is 3.36. The summed E-state index contributed by atoms with van der Waals surface area (Å²) in [5.41, 5.74) is 5.69. The van der Waals surface area contributed by atoms with Gasteiger partial charge in [-0.3, -0.25) is 0 Å². The van der Waals surface area contributed by atoms with Gasteiger partial charge in [0.1, 0.15) is 11.6 Å². The summed E-state index contributed by atoms with van der Waals surface area (Å²) in [4.78, 5) is 3.89. The monoisotopic (exact) mass is 371 g/mol. The zero-order valence-electron chi connectivity index (χ0n) is 9.95. The van der Waals surface area contributed by atoms with Crippen molar-refractivity contribution < 1.29 is 13.5 Å². The molecule has 7 heteroatoms. The Labute approximate surface area is 122 Å². The Balaban J connectivity index is 0.00000289. The fourth-order valence-corrected chi connectivity index (χ4v) is 1.17. The van der Waals surface area contributed by atoms with Crippen LogP contribution in [0, 0.1) is 11.6 Å². The van der Waals surface area contributed by atoms with Crippen LogP contribution in [0.1, 0.15) is 5.56 Å². The van der Waals surface area contributed by atoms with Gasteiger partial charge in [0.25, 0.3) is 0 Å². The highest BCUT2D eigenvalue weighted by molar-refractivity contribution is 14.0. The molecule has 0 aliphatic rings. The number of halogens is 3. The fraction of sp³-hybridized carbons (Fsp3) is 0.364. The lowest BCUT2D eigenvalue weighted by molar-refractivity contribution is 0.204. The number of nitrogens with one attached hydrogen (secondary N) is 1. The van der Waals surface area contributed by atoms with Crippen LogP contribution in [0.4, 0.5) is 8.78 Å². The molecule has 18 heavy (non-hydrogen) atoms. The molecule has 0 bridgehead atoms. The number of methoxy groups -OCH3 is 1. The first-order valence-corrected chi connectivity index (χ1v) is 5.10. The zero-order valence-corrected chi connectivity index (χ0v) is 12.3. The molecule has 1 aromatic carbocycles. The number of hydrogen-bond donors (Lipinski definition) is 2. The van der Waals surface area contributed by atoms with Crippen molar-refractivity contribution in [3.8, 4) is 0 Å². The highest BCUT2D eigenvalue weighted by Crippen LogP contribution is 2.10. The fourth-order valence-electron chi connectivity index (χ4n) is 1.17. The van der Waals surface area contributed by atoms with E-state index < -0.39 is 11.6 Å². The van der Waals surface area contributed by atoms with E-state index in [9.17, 15) is 8.78 Å². The second-order valence-electron chi connectivity index (χ2n) is 3.36. The van der Waals surface area contributed by atoms with Crippen LogP contribution >= 0.6 is 24.0 Å². The molecule has 0 atom stereocenters. The van der Waals surface area contributed by atoms with Crippen LogP contribution in [0.25, 0.3) is 0 Å². The first-order valence-electron chi connectivity index (χ1n) is 5.10. The number of aliphatic imine (C=N–C) groups is 1. The van der Waals surface area contributed by atoms with E-state index in [0.717, 1.165) is 18.2 Å². The molecule has 0 spiro atoms. The summed E-state index contributed by atoms with van der Waals surface area (Å²) in [6.45, 7) is 0.997. The van der Waals surface area contributed by atoms with Crippen molar-refractivity contribution in [1.82, 2.24) is 5.32 Å². The van der Waals surface area contributed by atoms with Gasteiger partial charge in [0, 0.05) is 19.2 Å². The minimum absolute atomic E-state index is 0. The topological polar surface area (TPSA) is 59.6 Å². The third-order valence-electron chi connectivity index (χ3n) is 2.04. The number of hydrogen-bond acceptors (Lipinski definition) is 2. The summed E-state index contributed by atoms with van der Waals surface area (Å²) in [6.07, 6.45) is 0. The molecule has 0 heterocycles. The molecular formula is C11H16F2IN3O. The highest BCUT2D eigenvalue weighted by atomic mass is 127. The normalized spacial score (nSPS) is 10.9. The molecule has 0 saturated carbocycles. The Bertz CT molecular complexity index is 402. The minimum Gasteiger partial charge on any atom is -0.383 e. The molecule has 102 valence electrons. The van der Waals surface area contributed by atoms with Crippen LogP contribution in [-0.2, 0) is 11.3 Å². The number of guanidine groups is 1. The molecule has 0 aliphatic heterocycles. The molecular weight excluding hydrogens is 355 g/mol. The van der Waals surface area contributed by atoms with E-state index >= 15 is 0 Å². The second kappa shape index (κ2) is 9.03. The largest absolute Gasteiger partial charge is 0.383 e. The SMILES string of the molecule is COCCNC(N)=NCc1cc(F)ccc1F.I. The Morgan fingerprint density at radius 2 is 2.17 bits per heavy atom. The average Bonchev–Trinajstić information content (AvgIpc) is 2.31. The van der Waals surface area contributed by atoms with Crippen LogP contribution in [0.2, 0.25) is 0 Å². The Morgan fingerprint density at radius 1 is 1.44 bits per heavy atom. The predicted octanol–water partition coefficient (Wildman–Crippen LogP) is 1.63. The van der Waals surface area contributed by atoms with Crippen LogP contribution in [0.5, 0.6) is 0 Å². The summed E-state index contributed by atoms with van der Waals surface area (Å²) >= 11 is 0. The third-order valence-corrected chi connectivity index (χ3v) is 2.04. The molecule has 1 rings (SSSR count). The summed E-state index contributed by atoms with van der Waals surface area (Å²) in [5.74, 6) is -0.826. The van der Waals surface area contributed by atoms with Crippen molar-refractivity contribution in [2.75, 3.05) is 20.3 Å². The predicted molar refractivity (Wildman–Crippen MR) is 77.0 cm³/mol. The summed E-state index contributed by atoms with van der Waals surface area (Å²) < 4.78 is 30.9. The van der Waals surface area contributed by atoms with Gasteiger partial charge >= 0.3 is 0 Å². The van der Waals surface area contributed by atoms with Crippen LogP contribution in [-0.4, -0.2) is 26.2 Å². The van der Waals surface area contributed by atoms with E-state index in [4.69, 9.17) is 10.5 Å². The number of rotatable bonds is 5. The smallest absolute Gasteiger partial charge is 0.189 e. The summed E-state index contributed by atoms with van der Waals surface area (Å²) in [7, 11) is 1.57. The number of nitrogens with zero attached hydrogens (tertiary/aromatic N) is 1. The van der Waals surface area contributed by atoms with Gasteiger partial charge in [-0.2, -0.15) is 0 Å². The van der Waals surface area contributed by atoms with Gasteiger partial charge in [-0.25, -0.2) is 13.8 Å². The van der Waals surface area contributed by atoms with Gasteiger partial charge < -0.3 is 15.8 Å². The quantitative estimate of drug-likeness (QED) is 0.358. The van der Waals surface area contributed by atoms with Crippen LogP contribution < -0.4 is 11.1 Å². The number of benzene rings is 1. The first kappa shape index (κ1) is 17.0. The average molecular weight is 371 g/mol. The molecule has 0 aromatic heterocycles. The lowest BCUT2D eigenvalue weighted by atomic mass is 10.2. The van der Waals surface area contributed by atoms with Crippen LogP contribution in [0.15, 0.2) is 23.2 Å². The maximum absolute atomic E-state index is 13.2. The van der Waals surface area contributed by atoms with Crippen molar-refractivity contribution in [3.05, 3.63) is 35.4 Å². The molecule has 0 fully saturated rings. The van der Waals surface area contributed by atoms with E-state index in [1.807, 2.05) is 0 Å². The van der Waals surface area contributed by atoms with E-state index in [1.165, 1.54) is 0 Å². The maximum Gasteiger partial charge on any atom is 0.189 e. The molecule has 0 radical (unpaired) electrons. The van der Waals surface area contributed by atoms with Gasteiger partial charge in [0.15, 0.2) is 5.96 Å². The molecule has 1 aromatic rings. The van der Waals surface area contributed by atoms with Gasteiger partial charge in [-0.05, 0) is 18.2 Å². The van der Waals surface area contributed by atoms with Gasteiger partial charge in [0.05, 0.1) is 13.2 Å². The molecule has 0 amide bonds. The Hall–Kier alpha value is -0.960. The van der Waals surface area contributed by atoms with Crippen LogP contribution in [0.3, 0.4) is 0 Å². The minimum atomic E-state index is -0.500. The zero-order chi connectivity index (χ0) is 12.7. The lowest BCUT2D eigenvalue weighted by Gasteiger charge is -2.05. The summed E-state index contributed by atoms with van der Waals surface area (Å²) in [6, 6.07) is 3.22. The third kappa shape index (κ3) is 6.10. The molecule has 4 nitrogen and oxygen atoms in total. The maximum atomic E-state index is 13.2. The molecule has 3 N–H and O–H groups in total. The van der Waals surface area contributed by atoms with E-state index in [2.05, 4.69) is 10.3 Å². The molecule has 0 saturated heterocycles. The van der Waals surface area contributed by atoms with E-state index in [0.29, 0.717) is 13.2 Å².